The number of carbonyl (C=O) groups excluding carboxylic acids is 2. The number of para-hydroxylation sites is 1. The van der Waals surface area contributed by atoms with Crippen molar-refractivity contribution in [2.45, 2.75) is 85.2 Å². The maximum atomic E-state index is 14.0. The molecule has 11 heteroatoms. The van der Waals surface area contributed by atoms with Gasteiger partial charge in [-0.1, -0.05) is 67.9 Å². The van der Waals surface area contributed by atoms with E-state index in [-0.39, 0.29) is 25.9 Å². The second kappa shape index (κ2) is 17.8. The van der Waals surface area contributed by atoms with E-state index in [1.165, 1.54) is 0 Å². The fourth-order valence-electron chi connectivity index (χ4n) is 7.22. The number of nitrogens with zero attached hydrogens (tertiary/aromatic N) is 4. The average Bonchev–Trinajstić information content (AvgIpc) is 3.62. The predicted octanol–water partition coefficient (Wildman–Crippen LogP) is 8.06. The average molecular weight is 727 g/mol. The molecule has 0 saturated carbocycles. The number of amides is 1. The van der Waals surface area contributed by atoms with Gasteiger partial charge in [0.05, 0.1) is 43.3 Å². The SMILES string of the molecule is CCCC(C)(C)OC(=O)N(C)CCCn1c(C(=O)OCC)c(CCCOc2cccc3ccccc23)c2cccc(-c3c(COC)nn(C)c3CO)c21. The number of aryl methyl sites for hydroxylation is 3. The van der Waals surface area contributed by atoms with Crippen LogP contribution in [0.15, 0.2) is 60.7 Å². The molecule has 0 unspecified atom stereocenters. The molecule has 1 amide bonds. The molecule has 284 valence electrons. The zero-order valence-corrected chi connectivity index (χ0v) is 32.2. The largest absolute Gasteiger partial charge is 0.493 e. The molecule has 0 aliphatic heterocycles. The zero-order valence-electron chi connectivity index (χ0n) is 32.2. The van der Waals surface area contributed by atoms with Gasteiger partial charge in [0.2, 0.25) is 0 Å². The minimum atomic E-state index is -0.566. The summed E-state index contributed by atoms with van der Waals surface area (Å²) in [6.45, 7) is 9.20. The Balaban J connectivity index is 1.55. The summed E-state index contributed by atoms with van der Waals surface area (Å²) in [4.78, 5) is 28.6. The summed E-state index contributed by atoms with van der Waals surface area (Å²) < 4.78 is 27.1. The Morgan fingerprint density at radius 2 is 1.72 bits per heavy atom. The summed E-state index contributed by atoms with van der Waals surface area (Å²) in [5.74, 6) is 0.400. The molecular weight excluding hydrogens is 672 g/mol. The molecule has 0 bridgehead atoms. The van der Waals surface area contributed by atoms with Crippen LogP contribution in [0.25, 0.3) is 32.8 Å². The van der Waals surface area contributed by atoms with Crippen molar-refractivity contribution in [3.05, 3.63) is 83.3 Å². The molecule has 5 aromatic rings. The molecule has 1 N–H and O–H groups in total. The highest BCUT2D eigenvalue weighted by atomic mass is 16.6. The first-order valence-corrected chi connectivity index (χ1v) is 18.6. The Bertz CT molecular complexity index is 2020. The topological polar surface area (TPSA) is 117 Å². The number of hydrogen-bond acceptors (Lipinski definition) is 8. The lowest BCUT2D eigenvalue weighted by Crippen LogP contribution is -2.36. The third kappa shape index (κ3) is 8.85. The second-order valence-electron chi connectivity index (χ2n) is 14.0. The Morgan fingerprint density at radius 3 is 2.45 bits per heavy atom. The van der Waals surface area contributed by atoms with Crippen LogP contribution in [0.3, 0.4) is 0 Å². The van der Waals surface area contributed by atoms with Crippen LogP contribution >= 0.6 is 0 Å². The van der Waals surface area contributed by atoms with Gasteiger partial charge >= 0.3 is 12.1 Å². The van der Waals surface area contributed by atoms with Crippen molar-refractivity contribution in [3.8, 4) is 16.9 Å². The van der Waals surface area contributed by atoms with E-state index < -0.39 is 11.6 Å². The molecule has 0 aliphatic carbocycles. The molecule has 5 rings (SSSR count). The van der Waals surface area contributed by atoms with Gasteiger partial charge in [-0.3, -0.25) is 4.68 Å². The third-order valence-corrected chi connectivity index (χ3v) is 9.58. The van der Waals surface area contributed by atoms with Crippen LogP contribution < -0.4 is 4.74 Å². The van der Waals surface area contributed by atoms with Gasteiger partial charge in [-0.2, -0.15) is 5.10 Å². The number of aliphatic hydroxyl groups excluding tert-OH is 1. The molecule has 53 heavy (non-hydrogen) atoms. The molecular formula is C42H54N4O7. The molecule has 2 heterocycles. The fourth-order valence-corrected chi connectivity index (χ4v) is 7.22. The highest BCUT2D eigenvalue weighted by Gasteiger charge is 2.29. The quantitative estimate of drug-likeness (QED) is 0.0712. The Morgan fingerprint density at radius 1 is 0.981 bits per heavy atom. The highest BCUT2D eigenvalue weighted by molar-refractivity contribution is 6.05. The van der Waals surface area contributed by atoms with E-state index in [4.69, 9.17) is 24.0 Å². The van der Waals surface area contributed by atoms with Crippen LogP contribution in [0.2, 0.25) is 0 Å². The first-order valence-electron chi connectivity index (χ1n) is 18.6. The number of carbonyl (C=O) groups is 2. The van der Waals surface area contributed by atoms with Crippen LogP contribution in [0.1, 0.15) is 80.8 Å². The van der Waals surface area contributed by atoms with Crippen molar-refractivity contribution in [1.82, 2.24) is 19.2 Å². The number of esters is 1. The van der Waals surface area contributed by atoms with Crippen molar-refractivity contribution in [3.63, 3.8) is 0 Å². The summed E-state index contributed by atoms with van der Waals surface area (Å²) in [5.41, 5.74) is 4.50. The van der Waals surface area contributed by atoms with Crippen molar-refractivity contribution < 1.29 is 33.6 Å². The first-order chi connectivity index (χ1) is 25.5. The van der Waals surface area contributed by atoms with E-state index in [0.29, 0.717) is 56.0 Å². The standard InChI is InChI=1S/C42H54N4O7/c1-8-23-42(3,4)53-41(49)44(5)24-15-25-46-38-31(19-13-20-33(38)37-34(28-50-7)43-45(6)35(37)27-47)32(39(46)40(48)51-9-2)21-14-26-52-36-22-12-17-29-16-10-11-18-30(29)36/h10-13,16-20,22,47H,8-9,14-15,21,23-28H2,1-7H3. The number of fused-ring (bicyclic) bond motifs is 2. The van der Waals surface area contributed by atoms with Crippen molar-refractivity contribution in [2.75, 3.05) is 33.9 Å². The van der Waals surface area contributed by atoms with E-state index in [1.807, 2.05) is 60.9 Å². The van der Waals surface area contributed by atoms with E-state index in [1.54, 1.807) is 37.7 Å². The van der Waals surface area contributed by atoms with E-state index in [0.717, 1.165) is 57.0 Å². The Labute approximate surface area is 312 Å². The maximum Gasteiger partial charge on any atom is 0.410 e. The molecule has 0 spiro atoms. The normalized spacial score (nSPS) is 11.7. The Kier molecular flexibility index (Phi) is 13.2. The van der Waals surface area contributed by atoms with Gasteiger partial charge in [-0.05, 0) is 63.5 Å². The van der Waals surface area contributed by atoms with Crippen LogP contribution in [-0.2, 0) is 47.4 Å². The predicted molar refractivity (Wildman–Crippen MR) is 207 cm³/mol. The van der Waals surface area contributed by atoms with Crippen molar-refractivity contribution in [2.24, 2.45) is 7.05 Å². The van der Waals surface area contributed by atoms with E-state index >= 15 is 0 Å². The van der Waals surface area contributed by atoms with Crippen LogP contribution in [0.5, 0.6) is 5.75 Å². The van der Waals surface area contributed by atoms with Gasteiger partial charge in [0.1, 0.15) is 17.0 Å². The second-order valence-corrected chi connectivity index (χ2v) is 14.0. The number of aromatic nitrogens is 3. The summed E-state index contributed by atoms with van der Waals surface area (Å²) in [5, 5.41) is 18.3. The third-order valence-electron chi connectivity index (χ3n) is 9.58. The van der Waals surface area contributed by atoms with Gasteiger partial charge in [0.25, 0.3) is 0 Å². The fraction of sp³-hybridized carbons (Fsp3) is 0.452. The van der Waals surface area contributed by atoms with Gasteiger partial charge in [-0.25, -0.2) is 9.59 Å². The van der Waals surface area contributed by atoms with Gasteiger partial charge in [0, 0.05) is 56.2 Å². The lowest BCUT2D eigenvalue weighted by Gasteiger charge is -2.28. The van der Waals surface area contributed by atoms with Crippen LogP contribution in [0.4, 0.5) is 4.79 Å². The van der Waals surface area contributed by atoms with Crippen LogP contribution in [0, 0.1) is 0 Å². The summed E-state index contributed by atoms with van der Waals surface area (Å²) in [6, 6.07) is 20.2. The molecule has 2 aromatic heterocycles. The Hall–Kier alpha value is -4.87. The minimum absolute atomic E-state index is 0.216. The zero-order chi connectivity index (χ0) is 38.1. The van der Waals surface area contributed by atoms with Crippen molar-refractivity contribution in [1.29, 1.82) is 0 Å². The molecule has 0 fully saturated rings. The number of hydrogen-bond donors (Lipinski definition) is 1. The number of rotatable bonds is 18. The van der Waals surface area contributed by atoms with E-state index in [2.05, 4.69) is 25.1 Å². The first kappa shape index (κ1) is 39.3. The van der Waals surface area contributed by atoms with Gasteiger partial charge in [0.15, 0.2) is 0 Å². The lowest BCUT2D eigenvalue weighted by molar-refractivity contribution is 0.0120. The lowest BCUT2D eigenvalue weighted by atomic mass is 9.98. The van der Waals surface area contributed by atoms with E-state index in [9.17, 15) is 14.7 Å². The number of ether oxygens (including phenoxy) is 4. The van der Waals surface area contributed by atoms with Gasteiger partial charge < -0.3 is 33.5 Å². The number of aliphatic hydroxyl groups is 1. The van der Waals surface area contributed by atoms with Gasteiger partial charge in [-0.15, -0.1) is 0 Å². The number of benzene rings is 3. The molecule has 3 aromatic carbocycles. The molecule has 0 atom stereocenters. The highest BCUT2D eigenvalue weighted by Crippen LogP contribution is 2.39. The number of methoxy groups -OCH3 is 1. The molecule has 0 saturated heterocycles. The maximum absolute atomic E-state index is 14.0. The minimum Gasteiger partial charge on any atom is -0.493 e. The van der Waals surface area contributed by atoms with Crippen molar-refractivity contribution >= 4 is 33.7 Å². The molecule has 0 radical (unpaired) electrons. The summed E-state index contributed by atoms with van der Waals surface area (Å²) in [7, 11) is 5.15. The smallest absolute Gasteiger partial charge is 0.410 e. The summed E-state index contributed by atoms with van der Waals surface area (Å²) in [6.07, 6.45) is 3.02. The monoisotopic (exact) mass is 726 g/mol. The van der Waals surface area contributed by atoms with Crippen LogP contribution in [-0.4, -0.2) is 75.9 Å². The summed E-state index contributed by atoms with van der Waals surface area (Å²) >= 11 is 0. The molecule has 0 aliphatic rings. The molecule has 11 nitrogen and oxygen atoms in total.